The van der Waals surface area contributed by atoms with Gasteiger partial charge in [0.25, 0.3) is 0 Å². The molecule has 0 saturated heterocycles. The highest BCUT2D eigenvalue weighted by Crippen LogP contribution is 2.39. The lowest BCUT2D eigenvalue weighted by Crippen LogP contribution is -2.24. The van der Waals surface area contributed by atoms with Gasteiger partial charge >= 0.3 is 0 Å². The largest absolute Gasteiger partial charge is 0.497 e. The van der Waals surface area contributed by atoms with Gasteiger partial charge in [0.15, 0.2) is 0 Å². The summed E-state index contributed by atoms with van der Waals surface area (Å²) in [5.41, 5.74) is 2.67. The molecule has 1 aliphatic heterocycles. The molecule has 6 nitrogen and oxygen atoms in total. The van der Waals surface area contributed by atoms with Crippen molar-refractivity contribution in [3.63, 3.8) is 0 Å². The first-order chi connectivity index (χ1) is 12.6. The maximum Gasteiger partial charge on any atom is 0.240 e. The summed E-state index contributed by atoms with van der Waals surface area (Å²) in [7, 11) is 4.86. The van der Waals surface area contributed by atoms with Crippen LogP contribution in [0.3, 0.4) is 0 Å². The third-order valence-corrected chi connectivity index (χ3v) is 4.45. The van der Waals surface area contributed by atoms with Crippen molar-refractivity contribution in [2.75, 3.05) is 21.3 Å². The number of rotatable bonds is 5. The standard InChI is InChI=1S/C20H22N2O4/c1-13(23)22-19(17-11-16(25-3)9-10-20(17)26-4)12-18(21-22)14-5-7-15(24-2)8-6-14/h5-11,19H,12H2,1-4H3. The van der Waals surface area contributed by atoms with E-state index in [1.54, 1.807) is 21.3 Å². The van der Waals surface area contributed by atoms with Gasteiger partial charge in [0.05, 0.1) is 33.1 Å². The van der Waals surface area contributed by atoms with E-state index >= 15 is 0 Å². The Bertz CT molecular complexity index is 830. The molecule has 1 amide bonds. The zero-order valence-electron chi connectivity index (χ0n) is 15.4. The van der Waals surface area contributed by atoms with Gasteiger partial charge < -0.3 is 14.2 Å². The van der Waals surface area contributed by atoms with Crippen LogP contribution >= 0.6 is 0 Å². The van der Waals surface area contributed by atoms with E-state index in [0.717, 1.165) is 22.6 Å². The lowest BCUT2D eigenvalue weighted by atomic mass is 9.97. The predicted octanol–water partition coefficient (Wildman–Crippen LogP) is 3.41. The van der Waals surface area contributed by atoms with E-state index in [0.29, 0.717) is 17.9 Å². The van der Waals surface area contributed by atoms with Crippen molar-refractivity contribution < 1.29 is 19.0 Å². The number of carbonyl (C=O) groups excluding carboxylic acids is 1. The fourth-order valence-electron chi connectivity index (χ4n) is 3.10. The van der Waals surface area contributed by atoms with Crippen molar-refractivity contribution in [2.45, 2.75) is 19.4 Å². The Morgan fingerprint density at radius 3 is 2.23 bits per heavy atom. The number of carbonyl (C=O) groups is 1. The molecule has 136 valence electrons. The second-order valence-corrected chi connectivity index (χ2v) is 5.97. The highest BCUT2D eigenvalue weighted by atomic mass is 16.5. The first kappa shape index (κ1) is 17.8. The monoisotopic (exact) mass is 354 g/mol. The summed E-state index contributed by atoms with van der Waals surface area (Å²) in [6.07, 6.45) is 0.593. The van der Waals surface area contributed by atoms with E-state index in [4.69, 9.17) is 14.2 Å². The second kappa shape index (κ2) is 7.47. The SMILES string of the molecule is COc1ccc(C2=NN(C(C)=O)C(c3cc(OC)ccc3OC)C2)cc1. The average Bonchev–Trinajstić information content (AvgIpc) is 3.13. The van der Waals surface area contributed by atoms with Crippen LogP contribution in [-0.2, 0) is 4.79 Å². The van der Waals surface area contributed by atoms with Crippen LogP contribution in [0.5, 0.6) is 17.2 Å². The van der Waals surface area contributed by atoms with E-state index in [1.165, 1.54) is 11.9 Å². The van der Waals surface area contributed by atoms with Crippen LogP contribution in [0.1, 0.15) is 30.5 Å². The number of hydrogen-bond donors (Lipinski definition) is 0. The molecule has 0 bridgehead atoms. The van der Waals surface area contributed by atoms with Gasteiger partial charge in [0.1, 0.15) is 17.2 Å². The Labute approximate surface area is 153 Å². The third kappa shape index (κ3) is 3.35. The molecule has 1 aliphatic rings. The lowest BCUT2D eigenvalue weighted by Gasteiger charge is -2.22. The number of nitrogens with zero attached hydrogens (tertiary/aromatic N) is 2. The molecule has 0 spiro atoms. The molecule has 0 N–H and O–H groups in total. The van der Waals surface area contributed by atoms with Crippen molar-refractivity contribution in [2.24, 2.45) is 5.10 Å². The van der Waals surface area contributed by atoms with Crippen LogP contribution < -0.4 is 14.2 Å². The third-order valence-electron chi connectivity index (χ3n) is 4.45. The lowest BCUT2D eigenvalue weighted by molar-refractivity contribution is -0.130. The molecule has 0 aromatic heterocycles. The van der Waals surface area contributed by atoms with Gasteiger partial charge in [0.2, 0.25) is 5.91 Å². The quantitative estimate of drug-likeness (QED) is 0.826. The summed E-state index contributed by atoms with van der Waals surface area (Å²) in [6.45, 7) is 1.51. The first-order valence-electron chi connectivity index (χ1n) is 8.31. The van der Waals surface area contributed by atoms with Gasteiger partial charge in [-0.1, -0.05) is 0 Å². The average molecular weight is 354 g/mol. The number of benzene rings is 2. The summed E-state index contributed by atoms with van der Waals surface area (Å²) in [4.78, 5) is 12.2. The van der Waals surface area contributed by atoms with E-state index in [9.17, 15) is 4.79 Å². The molecule has 0 saturated carbocycles. The van der Waals surface area contributed by atoms with Gasteiger partial charge in [0, 0.05) is 18.9 Å². The van der Waals surface area contributed by atoms with Gasteiger partial charge in [-0.15, -0.1) is 0 Å². The van der Waals surface area contributed by atoms with Crippen LogP contribution in [0.15, 0.2) is 47.6 Å². The minimum atomic E-state index is -0.241. The normalized spacial score (nSPS) is 16.2. The first-order valence-corrected chi connectivity index (χ1v) is 8.31. The van der Waals surface area contributed by atoms with Crippen molar-refractivity contribution >= 4 is 11.6 Å². The maximum atomic E-state index is 12.2. The minimum absolute atomic E-state index is 0.122. The molecule has 1 heterocycles. The summed E-state index contributed by atoms with van der Waals surface area (Å²) in [5.74, 6) is 2.07. The second-order valence-electron chi connectivity index (χ2n) is 5.97. The number of ether oxygens (including phenoxy) is 3. The van der Waals surface area contributed by atoms with Gasteiger partial charge in [-0.25, -0.2) is 5.01 Å². The summed E-state index contributed by atoms with van der Waals surface area (Å²) in [6, 6.07) is 13.0. The number of methoxy groups -OCH3 is 3. The van der Waals surface area contributed by atoms with E-state index in [2.05, 4.69) is 5.10 Å². The highest BCUT2D eigenvalue weighted by Gasteiger charge is 2.33. The Kier molecular flexibility index (Phi) is 5.11. The summed E-state index contributed by atoms with van der Waals surface area (Å²) in [5, 5.41) is 6.08. The molecule has 3 rings (SSSR count). The molecular weight excluding hydrogens is 332 g/mol. The number of amides is 1. The fourth-order valence-corrected chi connectivity index (χ4v) is 3.10. The van der Waals surface area contributed by atoms with Gasteiger partial charge in [-0.3, -0.25) is 4.79 Å². The number of hydrogen-bond acceptors (Lipinski definition) is 5. The van der Waals surface area contributed by atoms with Crippen LogP contribution in [-0.4, -0.2) is 38.0 Å². The Hall–Kier alpha value is -3.02. The van der Waals surface area contributed by atoms with Crippen molar-refractivity contribution in [3.05, 3.63) is 53.6 Å². The van der Waals surface area contributed by atoms with Crippen LogP contribution in [0.2, 0.25) is 0 Å². The molecule has 26 heavy (non-hydrogen) atoms. The Morgan fingerprint density at radius 1 is 1.00 bits per heavy atom. The van der Waals surface area contributed by atoms with E-state index in [1.807, 2.05) is 42.5 Å². The summed E-state index contributed by atoms with van der Waals surface area (Å²) < 4.78 is 16.0. The molecule has 2 aromatic carbocycles. The van der Waals surface area contributed by atoms with Crippen molar-refractivity contribution in [1.82, 2.24) is 5.01 Å². The molecule has 6 heteroatoms. The Morgan fingerprint density at radius 2 is 1.65 bits per heavy atom. The fraction of sp³-hybridized carbons (Fsp3) is 0.300. The zero-order valence-corrected chi connectivity index (χ0v) is 15.4. The molecular formula is C20H22N2O4. The van der Waals surface area contributed by atoms with E-state index < -0.39 is 0 Å². The topological polar surface area (TPSA) is 60.4 Å². The van der Waals surface area contributed by atoms with E-state index in [-0.39, 0.29) is 11.9 Å². The van der Waals surface area contributed by atoms with Crippen LogP contribution in [0.4, 0.5) is 0 Å². The smallest absolute Gasteiger partial charge is 0.240 e. The molecule has 1 atom stereocenters. The highest BCUT2D eigenvalue weighted by molar-refractivity contribution is 6.03. The molecule has 2 aromatic rings. The van der Waals surface area contributed by atoms with Gasteiger partial charge in [-0.05, 0) is 48.0 Å². The van der Waals surface area contributed by atoms with Crippen molar-refractivity contribution in [3.8, 4) is 17.2 Å². The summed E-state index contributed by atoms with van der Waals surface area (Å²) >= 11 is 0. The zero-order chi connectivity index (χ0) is 18.7. The predicted molar refractivity (Wildman–Crippen MR) is 99.0 cm³/mol. The Balaban J connectivity index is 1.97. The van der Waals surface area contributed by atoms with Crippen molar-refractivity contribution in [1.29, 1.82) is 0 Å². The molecule has 0 fully saturated rings. The molecule has 0 radical (unpaired) electrons. The van der Waals surface area contributed by atoms with Gasteiger partial charge in [-0.2, -0.15) is 5.10 Å². The van der Waals surface area contributed by atoms with Crippen LogP contribution in [0, 0.1) is 0 Å². The minimum Gasteiger partial charge on any atom is -0.497 e. The number of hydrazone groups is 1. The molecule has 1 unspecified atom stereocenters. The molecule has 0 aliphatic carbocycles. The maximum absolute atomic E-state index is 12.2. The van der Waals surface area contributed by atoms with Crippen LogP contribution in [0.25, 0.3) is 0 Å².